The number of halogens is 5. The number of nitrogens with zero attached hydrogens (tertiary/aromatic N) is 5. The van der Waals surface area contributed by atoms with Crippen LogP contribution in [-0.4, -0.2) is 24.6 Å². The summed E-state index contributed by atoms with van der Waals surface area (Å²) in [5.41, 5.74) is 0.666. The van der Waals surface area contributed by atoms with Crippen LogP contribution >= 0.6 is 45.5 Å². The molecule has 12 heteroatoms. The zero-order chi connectivity index (χ0) is 21.8. The molecule has 0 aliphatic rings. The molecule has 0 aliphatic heterocycles. The van der Waals surface area contributed by atoms with Gasteiger partial charge in [-0.2, -0.15) is 13.2 Å². The minimum atomic E-state index is -4.65. The second-order valence-electron chi connectivity index (χ2n) is 6.42. The lowest BCUT2D eigenvalue weighted by Crippen LogP contribution is -2.12. The van der Waals surface area contributed by atoms with Crippen LogP contribution in [0.3, 0.4) is 0 Å². The molecule has 4 heterocycles. The van der Waals surface area contributed by atoms with E-state index in [1.165, 1.54) is 17.5 Å². The van der Waals surface area contributed by atoms with Crippen molar-refractivity contribution in [2.45, 2.75) is 6.18 Å². The Bertz CT molecular complexity index is 1420. The summed E-state index contributed by atoms with van der Waals surface area (Å²) in [7, 11) is 0. The third-order valence-corrected chi connectivity index (χ3v) is 7.10. The van der Waals surface area contributed by atoms with E-state index in [0.29, 0.717) is 30.6 Å². The normalized spacial score (nSPS) is 12.0. The van der Waals surface area contributed by atoms with Gasteiger partial charge in [0.05, 0.1) is 30.7 Å². The predicted molar refractivity (Wildman–Crippen MR) is 122 cm³/mol. The molecule has 1 aromatic carbocycles. The van der Waals surface area contributed by atoms with E-state index >= 15 is 0 Å². The first-order valence-corrected chi connectivity index (χ1v) is 11.0. The highest BCUT2D eigenvalue weighted by molar-refractivity contribution is 14.1. The number of para-hydroxylation sites is 1. The summed E-state index contributed by atoms with van der Waals surface area (Å²) in [5, 5.41) is 11.3. The number of alkyl halides is 3. The molecule has 0 saturated heterocycles. The highest BCUT2D eigenvalue weighted by Crippen LogP contribution is 2.38. The van der Waals surface area contributed by atoms with Gasteiger partial charge in [0, 0.05) is 6.20 Å². The standard InChI is InChI=1S/C19H9ClF3IN6S/c20-10-5-6-30-13(8-25-17(30)15(10)24)12-7-9(19(21,22)23)16(29-28-12)27-18-26-11-3-1-2-4-14(11)31-18/h1-8H,(H,26,27,29). The number of benzene rings is 1. The number of aromatic nitrogens is 5. The van der Waals surface area contributed by atoms with E-state index < -0.39 is 17.6 Å². The molecule has 0 saturated carbocycles. The van der Waals surface area contributed by atoms with Crippen molar-refractivity contribution < 1.29 is 13.2 Å². The van der Waals surface area contributed by atoms with E-state index in [1.807, 2.05) is 40.8 Å². The lowest BCUT2D eigenvalue weighted by Gasteiger charge is -2.13. The number of hydrogen-bond donors (Lipinski definition) is 1. The third kappa shape index (κ3) is 3.70. The van der Waals surface area contributed by atoms with E-state index in [2.05, 4.69) is 25.5 Å². The van der Waals surface area contributed by atoms with Crippen LogP contribution in [0.2, 0.25) is 5.02 Å². The quantitative estimate of drug-likeness (QED) is 0.253. The number of thiazole rings is 1. The topological polar surface area (TPSA) is 68.0 Å². The van der Waals surface area contributed by atoms with Crippen molar-refractivity contribution in [3.05, 3.63) is 62.9 Å². The van der Waals surface area contributed by atoms with Crippen molar-refractivity contribution in [2.24, 2.45) is 0 Å². The molecule has 5 rings (SSSR count). The number of fused-ring (bicyclic) bond motifs is 2. The number of nitrogens with one attached hydrogen (secondary N) is 1. The largest absolute Gasteiger partial charge is 0.420 e. The highest BCUT2D eigenvalue weighted by Gasteiger charge is 2.36. The van der Waals surface area contributed by atoms with Crippen molar-refractivity contribution in [3.8, 4) is 11.4 Å². The van der Waals surface area contributed by atoms with Crippen molar-refractivity contribution in [1.82, 2.24) is 24.6 Å². The molecule has 0 aliphatic carbocycles. The number of anilines is 2. The zero-order valence-corrected chi connectivity index (χ0v) is 18.9. The molecule has 0 amide bonds. The maximum Gasteiger partial charge on any atom is 0.420 e. The van der Waals surface area contributed by atoms with Gasteiger partial charge in [-0.05, 0) is 46.9 Å². The number of pyridine rings is 1. The molecular weight excluding hydrogens is 564 g/mol. The molecule has 6 nitrogen and oxygen atoms in total. The fourth-order valence-corrected chi connectivity index (χ4v) is 4.62. The fourth-order valence-electron chi connectivity index (χ4n) is 3.04. The first kappa shape index (κ1) is 20.4. The third-order valence-electron chi connectivity index (χ3n) is 4.45. The average Bonchev–Trinajstić information content (AvgIpc) is 3.34. The molecule has 0 bridgehead atoms. The van der Waals surface area contributed by atoms with Gasteiger partial charge in [0.1, 0.15) is 11.3 Å². The van der Waals surface area contributed by atoms with Gasteiger partial charge < -0.3 is 5.32 Å². The summed E-state index contributed by atoms with van der Waals surface area (Å²) < 4.78 is 44.7. The van der Waals surface area contributed by atoms with Crippen molar-refractivity contribution in [2.75, 3.05) is 5.32 Å². The maximum absolute atomic E-state index is 13.8. The number of hydrogen-bond acceptors (Lipinski definition) is 6. The molecule has 5 aromatic rings. The van der Waals surface area contributed by atoms with Gasteiger partial charge >= 0.3 is 6.18 Å². The molecule has 0 radical (unpaired) electrons. The Kier molecular flexibility index (Phi) is 4.98. The van der Waals surface area contributed by atoms with Crippen LogP contribution in [0.25, 0.3) is 27.3 Å². The monoisotopic (exact) mass is 572 g/mol. The Balaban J connectivity index is 1.59. The summed E-state index contributed by atoms with van der Waals surface area (Å²) in [6.07, 6.45) is -1.58. The summed E-state index contributed by atoms with van der Waals surface area (Å²) in [6, 6.07) is 9.87. The van der Waals surface area contributed by atoms with Crippen LogP contribution in [0.15, 0.2) is 48.8 Å². The molecule has 0 unspecified atom stereocenters. The van der Waals surface area contributed by atoms with E-state index in [-0.39, 0.29) is 5.69 Å². The first-order valence-electron chi connectivity index (χ1n) is 8.70. The second kappa shape index (κ2) is 7.57. The minimum absolute atomic E-state index is 0.0350. The molecule has 31 heavy (non-hydrogen) atoms. The molecule has 0 spiro atoms. The second-order valence-corrected chi connectivity index (χ2v) is 8.93. The summed E-state index contributed by atoms with van der Waals surface area (Å²) >= 11 is 9.37. The Morgan fingerprint density at radius 1 is 1.13 bits per heavy atom. The Hall–Kier alpha value is -2.51. The number of rotatable bonds is 3. The van der Waals surface area contributed by atoms with Crippen LogP contribution in [0.4, 0.5) is 24.1 Å². The molecule has 0 atom stereocenters. The SMILES string of the molecule is FC(F)(F)c1cc(-c2cnc3c(I)c(Cl)ccn23)nnc1Nc1nc2ccccc2s1. The summed E-state index contributed by atoms with van der Waals surface area (Å²) in [6.45, 7) is 0. The van der Waals surface area contributed by atoms with Crippen molar-refractivity contribution in [3.63, 3.8) is 0 Å². The lowest BCUT2D eigenvalue weighted by molar-refractivity contribution is -0.137. The fraction of sp³-hybridized carbons (Fsp3) is 0.0526. The van der Waals surface area contributed by atoms with Crippen molar-refractivity contribution in [1.29, 1.82) is 0 Å². The van der Waals surface area contributed by atoms with E-state index in [1.54, 1.807) is 22.7 Å². The van der Waals surface area contributed by atoms with Crippen LogP contribution in [0.5, 0.6) is 0 Å². The Morgan fingerprint density at radius 2 is 1.94 bits per heavy atom. The van der Waals surface area contributed by atoms with Crippen LogP contribution in [0.1, 0.15) is 5.56 Å². The molecule has 4 aromatic heterocycles. The average molecular weight is 573 g/mol. The Labute approximate surface area is 195 Å². The van der Waals surface area contributed by atoms with Gasteiger partial charge in [-0.1, -0.05) is 35.1 Å². The highest BCUT2D eigenvalue weighted by atomic mass is 127. The zero-order valence-electron chi connectivity index (χ0n) is 15.2. The molecular formula is C19H9ClF3IN6S. The first-order chi connectivity index (χ1) is 14.8. The van der Waals surface area contributed by atoms with Crippen molar-refractivity contribution >= 4 is 72.3 Å². The van der Waals surface area contributed by atoms with Gasteiger partial charge in [0.15, 0.2) is 16.6 Å². The van der Waals surface area contributed by atoms with E-state index in [0.717, 1.165) is 10.8 Å². The van der Waals surface area contributed by atoms with Gasteiger partial charge in [-0.3, -0.25) is 4.40 Å². The van der Waals surface area contributed by atoms with E-state index in [9.17, 15) is 13.2 Å². The maximum atomic E-state index is 13.8. The smallest absolute Gasteiger partial charge is 0.314 e. The Morgan fingerprint density at radius 3 is 2.71 bits per heavy atom. The van der Waals surface area contributed by atoms with Gasteiger partial charge in [0.2, 0.25) is 0 Å². The predicted octanol–water partition coefficient (Wildman–Crippen LogP) is 6.42. The van der Waals surface area contributed by atoms with Gasteiger partial charge in [-0.15, -0.1) is 10.2 Å². The molecule has 1 N–H and O–H groups in total. The minimum Gasteiger partial charge on any atom is -0.314 e. The molecule has 156 valence electrons. The number of imidazole rings is 1. The van der Waals surface area contributed by atoms with Gasteiger partial charge in [0.25, 0.3) is 0 Å². The molecule has 0 fully saturated rings. The van der Waals surface area contributed by atoms with Gasteiger partial charge in [-0.25, -0.2) is 9.97 Å². The van der Waals surface area contributed by atoms with Crippen LogP contribution < -0.4 is 5.32 Å². The summed E-state index contributed by atoms with van der Waals surface area (Å²) in [5.74, 6) is -0.415. The van der Waals surface area contributed by atoms with Crippen LogP contribution in [0, 0.1) is 3.57 Å². The van der Waals surface area contributed by atoms with E-state index in [4.69, 9.17) is 11.6 Å². The summed E-state index contributed by atoms with van der Waals surface area (Å²) in [4.78, 5) is 8.57. The lowest BCUT2D eigenvalue weighted by atomic mass is 10.2. The van der Waals surface area contributed by atoms with Crippen LogP contribution in [-0.2, 0) is 6.18 Å².